The minimum atomic E-state index is -0.403. The molecule has 1 aliphatic rings. The van der Waals surface area contributed by atoms with Crippen molar-refractivity contribution >= 4 is 46.4 Å². The Hall–Kier alpha value is -1.58. The topological polar surface area (TPSA) is 65.1 Å². The van der Waals surface area contributed by atoms with Gasteiger partial charge in [-0.2, -0.15) is 4.28 Å². The molecule has 6 nitrogen and oxygen atoms in total. The summed E-state index contributed by atoms with van der Waals surface area (Å²) in [6.07, 6.45) is 7.12. The number of ether oxygens (including phenoxy) is 2. The number of nitrogens with zero attached hydrogens (tertiary/aromatic N) is 1. The first kappa shape index (κ1) is 27.0. The minimum Gasteiger partial charge on any atom is -0.379 e. The second-order valence-electron chi connectivity index (χ2n) is 8.07. The van der Waals surface area contributed by atoms with Crippen LogP contribution in [0.4, 0.5) is 0 Å². The number of carbonyl (C=O) groups excluding carboxylic acids is 2. The van der Waals surface area contributed by atoms with Gasteiger partial charge in [0.2, 0.25) is 0 Å². The Morgan fingerprint density at radius 2 is 1.53 bits per heavy atom. The van der Waals surface area contributed by atoms with Crippen LogP contribution in [0.25, 0.3) is 10.8 Å². The first-order valence-electron chi connectivity index (χ1n) is 12.2. The smallest absolute Gasteiger partial charge is 0.286 e. The van der Waals surface area contributed by atoms with Crippen LogP contribution >= 0.6 is 23.8 Å². The minimum absolute atomic E-state index is 0.403. The highest BCUT2D eigenvalue weighted by molar-refractivity contribution is 7.99. The highest BCUT2D eigenvalue weighted by Crippen LogP contribution is 2.36. The van der Waals surface area contributed by atoms with Crippen LogP contribution in [0.3, 0.4) is 0 Å². The monoisotopic (exact) mass is 505 g/mol. The van der Waals surface area contributed by atoms with E-state index in [2.05, 4.69) is 6.92 Å². The van der Waals surface area contributed by atoms with Gasteiger partial charge in [0.1, 0.15) is 0 Å². The van der Waals surface area contributed by atoms with Crippen molar-refractivity contribution in [1.29, 1.82) is 0 Å². The molecule has 1 aliphatic heterocycles. The van der Waals surface area contributed by atoms with E-state index in [1.54, 1.807) is 23.9 Å². The number of unbranched alkanes of at least 4 members (excludes halogenated alkanes) is 5. The third-order valence-electron chi connectivity index (χ3n) is 5.60. The Morgan fingerprint density at radius 1 is 0.794 bits per heavy atom. The van der Waals surface area contributed by atoms with Crippen molar-refractivity contribution in [3.05, 3.63) is 41.5 Å². The fourth-order valence-electron chi connectivity index (χ4n) is 3.85. The number of hydrogen-bond acceptors (Lipinski definition) is 7. The summed E-state index contributed by atoms with van der Waals surface area (Å²) in [5.74, 6) is 0.722. The standard InChI is InChI=1S/C26H35NO5S2/c1-3-5-6-7-8-9-18-34-32-27-25(28)21-12-10-11-20-23(14-13-22(24(20)21)26(27)29)33-19-17-31-16-15-30-4-2/h10-14H,3-9,15-19H2,1-2H3. The van der Waals surface area contributed by atoms with Crippen LogP contribution < -0.4 is 0 Å². The lowest BCUT2D eigenvalue weighted by atomic mass is 9.95. The molecule has 0 aliphatic carbocycles. The maximum absolute atomic E-state index is 13.1. The number of hydroxylamine groups is 2. The van der Waals surface area contributed by atoms with Gasteiger partial charge < -0.3 is 9.47 Å². The average molecular weight is 506 g/mol. The molecule has 0 atom stereocenters. The lowest BCUT2D eigenvalue weighted by Crippen LogP contribution is -2.38. The Labute approximate surface area is 211 Å². The summed E-state index contributed by atoms with van der Waals surface area (Å²) in [5.41, 5.74) is 1.00. The summed E-state index contributed by atoms with van der Waals surface area (Å²) in [6.45, 7) is 6.64. The summed E-state index contributed by atoms with van der Waals surface area (Å²) in [6, 6.07) is 9.33. The van der Waals surface area contributed by atoms with E-state index in [0.717, 1.165) is 39.7 Å². The zero-order valence-corrected chi connectivity index (χ0v) is 21.8. The van der Waals surface area contributed by atoms with Crippen LogP contribution in [0.5, 0.6) is 0 Å². The largest absolute Gasteiger partial charge is 0.379 e. The van der Waals surface area contributed by atoms with Gasteiger partial charge in [-0.15, -0.1) is 16.8 Å². The summed E-state index contributed by atoms with van der Waals surface area (Å²) in [7, 11) is 0. The first-order chi connectivity index (χ1) is 16.7. The number of rotatable bonds is 17. The molecule has 0 fully saturated rings. The highest BCUT2D eigenvalue weighted by atomic mass is 32.2. The fourth-order valence-corrected chi connectivity index (χ4v) is 5.40. The zero-order valence-electron chi connectivity index (χ0n) is 20.2. The molecule has 0 aromatic heterocycles. The third kappa shape index (κ3) is 7.21. The fraction of sp³-hybridized carbons (Fsp3) is 0.538. The molecule has 0 saturated carbocycles. The normalized spacial score (nSPS) is 13.3. The van der Waals surface area contributed by atoms with Gasteiger partial charge in [0.25, 0.3) is 11.8 Å². The van der Waals surface area contributed by atoms with Crippen molar-refractivity contribution in [2.24, 2.45) is 0 Å². The second kappa shape index (κ2) is 14.7. The van der Waals surface area contributed by atoms with Gasteiger partial charge in [-0.3, -0.25) is 9.59 Å². The van der Waals surface area contributed by atoms with Crippen LogP contribution in [0.1, 0.15) is 73.1 Å². The molecule has 0 N–H and O–H groups in total. The van der Waals surface area contributed by atoms with Gasteiger partial charge in [0.15, 0.2) is 0 Å². The summed E-state index contributed by atoms with van der Waals surface area (Å²) < 4.78 is 16.5. The molecule has 1 heterocycles. The Morgan fingerprint density at radius 3 is 2.32 bits per heavy atom. The summed E-state index contributed by atoms with van der Waals surface area (Å²) >= 11 is 2.83. The maximum atomic E-state index is 13.1. The third-order valence-corrected chi connectivity index (χ3v) is 7.35. The Kier molecular flexibility index (Phi) is 11.7. The SMILES string of the molecule is CCCCCCCCSON1C(=O)c2cccc3c(SCCOCCOCC)ccc(c23)C1=O. The van der Waals surface area contributed by atoms with E-state index in [1.807, 2.05) is 25.1 Å². The van der Waals surface area contributed by atoms with E-state index >= 15 is 0 Å². The van der Waals surface area contributed by atoms with Crippen molar-refractivity contribution in [3.63, 3.8) is 0 Å². The number of thioether (sulfide) groups is 1. The molecule has 2 amide bonds. The lowest BCUT2D eigenvalue weighted by Gasteiger charge is -2.25. The molecule has 0 radical (unpaired) electrons. The van der Waals surface area contributed by atoms with Crippen LogP contribution in [-0.4, -0.2) is 54.8 Å². The molecular weight excluding hydrogens is 470 g/mol. The molecule has 2 aromatic carbocycles. The van der Waals surface area contributed by atoms with Crippen molar-refractivity contribution in [2.75, 3.05) is 37.9 Å². The van der Waals surface area contributed by atoms with Gasteiger partial charge in [0.05, 0.1) is 30.9 Å². The number of carbonyl (C=O) groups is 2. The molecule has 3 rings (SSSR count). The number of hydrogen-bond donors (Lipinski definition) is 0. The molecule has 0 bridgehead atoms. The predicted octanol–water partition coefficient (Wildman–Crippen LogP) is 6.52. The van der Waals surface area contributed by atoms with E-state index in [4.69, 9.17) is 13.8 Å². The number of amides is 2. The predicted molar refractivity (Wildman–Crippen MR) is 139 cm³/mol. The van der Waals surface area contributed by atoms with Gasteiger partial charge in [0, 0.05) is 40.4 Å². The summed E-state index contributed by atoms with van der Waals surface area (Å²) in [5, 5.41) is 2.54. The van der Waals surface area contributed by atoms with Gasteiger partial charge in [-0.05, 0) is 36.9 Å². The molecule has 34 heavy (non-hydrogen) atoms. The van der Waals surface area contributed by atoms with E-state index in [-0.39, 0.29) is 0 Å². The number of imide groups is 1. The summed E-state index contributed by atoms with van der Waals surface area (Å²) in [4.78, 5) is 27.2. The van der Waals surface area contributed by atoms with Crippen molar-refractivity contribution < 1.29 is 23.3 Å². The molecule has 0 saturated heterocycles. The van der Waals surface area contributed by atoms with E-state index in [1.165, 1.54) is 37.7 Å². The zero-order chi connectivity index (χ0) is 24.2. The lowest BCUT2D eigenvalue weighted by molar-refractivity contribution is -0.00752. The Balaban J connectivity index is 1.58. The molecule has 186 valence electrons. The number of benzene rings is 2. The molecule has 0 spiro atoms. The van der Waals surface area contributed by atoms with Crippen LogP contribution in [0.15, 0.2) is 35.2 Å². The molecule has 2 aromatic rings. The maximum Gasteiger partial charge on any atom is 0.286 e. The first-order valence-corrected chi connectivity index (χ1v) is 14.1. The quantitative estimate of drug-likeness (QED) is 0.105. The van der Waals surface area contributed by atoms with E-state index in [0.29, 0.717) is 42.9 Å². The van der Waals surface area contributed by atoms with Gasteiger partial charge in [-0.1, -0.05) is 51.2 Å². The van der Waals surface area contributed by atoms with Crippen LogP contribution in [0, 0.1) is 0 Å². The van der Waals surface area contributed by atoms with E-state index < -0.39 is 11.8 Å². The van der Waals surface area contributed by atoms with Crippen molar-refractivity contribution in [1.82, 2.24) is 5.06 Å². The molecular formula is C26H35NO5S2. The highest BCUT2D eigenvalue weighted by Gasteiger charge is 2.34. The van der Waals surface area contributed by atoms with Crippen LogP contribution in [0.2, 0.25) is 0 Å². The molecule has 0 unspecified atom stereocenters. The average Bonchev–Trinajstić information content (AvgIpc) is 2.85. The van der Waals surface area contributed by atoms with Crippen molar-refractivity contribution in [2.45, 2.75) is 57.3 Å². The van der Waals surface area contributed by atoms with Crippen LogP contribution in [-0.2, 0) is 13.8 Å². The molecule has 8 heteroatoms. The second-order valence-corrected chi connectivity index (χ2v) is 10.00. The Bertz CT molecular complexity index is 930. The van der Waals surface area contributed by atoms with E-state index in [9.17, 15) is 9.59 Å². The van der Waals surface area contributed by atoms with Gasteiger partial charge in [-0.25, -0.2) is 0 Å². The van der Waals surface area contributed by atoms with Crippen molar-refractivity contribution in [3.8, 4) is 0 Å². The van der Waals surface area contributed by atoms with Gasteiger partial charge >= 0.3 is 0 Å².